The van der Waals surface area contributed by atoms with Crippen LogP contribution in [0.3, 0.4) is 0 Å². The van der Waals surface area contributed by atoms with E-state index in [0.717, 1.165) is 18.7 Å². The molecule has 3 heteroatoms. The van der Waals surface area contributed by atoms with E-state index in [9.17, 15) is 5.11 Å². The van der Waals surface area contributed by atoms with Crippen molar-refractivity contribution in [3.05, 3.63) is 35.9 Å². The first-order valence-corrected chi connectivity index (χ1v) is 6.67. The van der Waals surface area contributed by atoms with Gasteiger partial charge in [0.2, 0.25) is 0 Å². The minimum absolute atomic E-state index is 0.362. The molecule has 0 saturated carbocycles. The smallest absolute Gasteiger partial charge is 0.109 e. The van der Waals surface area contributed by atoms with Gasteiger partial charge in [0.15, 0.2) is 0 Å². The Labute approximate surface area is 110 Å². The summed E-state index contributed by atoms with van der Waals surface area (Å²) in [5.74, 6) is 0. The highest BCUT2D eigenvalue weighted by atomic mass is 16.3. The van der Waals surface area contributed by atoms with E-state index in [1.165, 1.54) is 0 Å². The van der Waals surface area contributed by atoms with Gasteiger partial charge in [-0.2, -0.15) is 0 Å². The minimum atomic E-state index is -0.937. The molecule has 0 aromatic heterocycles. The van der Waals surface area contributed by atoms with E-state index in [1.807, 2.05) is 51.2 Å². The van der Waals surface area contributed by atoms with Crippen molar-refractivity contribution < 1.29 is 5.11 Å². The quantitative estimate of drug-likeness (QED) is 0.790. The first-order chi connectivity index (χ1) is 8.62. The molecule has 1 aromatic rings. The molecule has 1 aliphatic heterocycles. The molecule has 100 valence electrons. The predicted molar refractivity (Wildman–Crippen MR) is 76.3 cm³/mol. The summed E-state index contributed by atoms with van der Waals surface area (Å²) in [6.07, 6.45) is 1.30. The average Bonchev–Trinajstić information content (AvgIpc) is 2.45. The first kappa shape index (κ1) is 14.9. The molecule has 3 nitrogen and oxygen atoms in total. The van der Waals surface area contributed by atoms with Crippen LogP contribution < -0.4 is 0 Å². The number of hydrogen-bond acceptors (Lipinski definition) is 3. The van der Waals surface area contributed by atoms with E-state index in [0.29, 0.717) is 18.6 Å². The third-order valence-corrected chi connectivity index (χ3v) is 3.34. The number of hydrogen-bond donors (Lipinski definition) is 2. The van der Waals surface area contributed by atoms with Crippen molar-refractivity contribution in [1.29, 1.82) is 5.41 Å². The molecule has 0 aliphatic carbocycles. The largest absolute Gasteiger partial charge is 0.383 e. The molecule has 0 unspecified atom stereocenters. The molecule has 0 amide bonds. The van der Waals surface area contributed by atoms with Gasteiger partial charge in [0.05, 0.1) is 5.71 Å². The Kier molecular flexibility index (Phi) is 5.51. The zero-order valence-corrected chi connectivity index (χ0v) is 11.6. The van der Waals surface area contributed by atoms with Crippen LogP contribution in [-0.4, -0.2) is 41.5 Å². The monoisotopic (exact) mass is 248 g/mol. The van der Waals surface area contributed by atoms with E-state index in [1.54, 1.807) is 0 Å². The molecule has 0 spiro atoms. The Bertz CT molecular complexity index is 367. The molecule has 1 heterocycles. The Morgan fingerprint density at radius 3 is 2.17 bits per heavy atom. The molecule has 1 saturated heterocycles. The van der Waals surface area contributed by atoms with Crippen LogP contribution in [0, 0.1) is 5.41 Å². The molecule has 0 bridgehead atoms. The fraction of sp³-hybridized carbons (Fsp3) is 0.533. The predicted octanol–water partition coefficient (Wildman–Crippen LogP) is 2.54. The maximum atomic E-state index is 10.5. The van der Waals surface area contributed by atoms with Crippen molar-refractivity contribution in [1.82, 2.24) is 4.90 Å². The number of aliphatic hydroxyl groups is 1. The highest BCUT2D eigenvalue weighted by Crippen LogP contribution is 2.25. The summed E-state index contributed by atoms with van der Waals surface area (Å²) >= 11 is 0. The lowest BCUT2D eigenvalue weighted by Gasteiger charge is -2.37. The van der Waals surface area contributed by atoms with Gasteiger partial charge in [-0.15, -0.1) is 0 Å². The first-order valence-electron chi connectivity index (χ1n) is 6.67. The van der Waals surface area contributed by atoms with Crippen LogP contribution in [0.25, 0.3) is 0 Å². The zero-order chi connectivity index (χ0) is 13.6. The Morgan fingerprint density at radius 2 is 1.67 bits per heavy atom. The van der Waals surface area contributed by atoms with E-state index < -0.39 is 5.60 Å². The fourth-order valence-corrected chi connectivity index (χ4v) is 2.11. The normalized spacial score (nSPS) is 18.7. The number of likely N-dealkylation sites (tertiary alicyclic amines) is 1. The van der Waals surface area contributed by atoms with Crippen LogP contribution in [0.1, 0.15) is 32.3 Å². The zero-order valence-electron chi connectivity index (χ0n) is 11.6. The summed E-state index contributed by atoms with van der Waals surface area (Å²) in [6, 6.07) is 9.51. The maximum Gasteiger partial charge on any atom is 0.109 e. The standard InChI is InChI=1S/C13H18N2O.C2H6/c1-15-9-7-13(16,8-10-15)12(14)11-5-3-2-4-6-11;1-2/h2-6,14,16H,7-10H2,1H3;1-2H3. The molecule has 1 fully saturated rings. The van der Waals surface area contributed by atoms with Gasteiger partial charge < -0.3 is 15.4 Å². The second kappa shape index (κ2) is 6.66. The summed E-state index contributed by atoms with van der Waals surface area (Å²) in [5.41, 5.74) is 0.254. The van der Waals surface area contributed by atoms with Gasteiger partial charge in [-0.05, 0) is 25.5 Å². The van der Waals surface area contributed by atoms with Crippen LogP contribution in [0.2, 0.25) is 0 Å². The number of nitrogens with zero attached hydrogens (tertiary/aromatic N) is 1. The van der Waals surface area contributed by atoms with Crippen molar-refractivity contribution in [2.24, 2.45) is 0 Å². The average molecular weight is 248 g/mol. The van der Waals surface area contributed by atoms with Crippen LogP contribution in [0.15, 0.2) is 30.3 Å². The van der Waals surface area contributed by atoms with Gasteiger partial charge >= 0.3 is 0 Å². The summed E-state index contributed by atoms with van der Waals surface area (Å²) in [7, 11) is 2.05. The molecule has 0 radical (unpaired) electrons. The summed E-state index contributed by atoms with van der Waals surface area (Å²) in [6.45, 7) is 5.71. The third kappa shape index (κ3) is 3.40. The van der Waals surface area contributed by atoms with Crippen molar-refractivity contribution in [3.63, 3.8) is 0 Å². The number of nitrogens with one attached hydrogen (secondary N) is 1. The topological polar surface area (TPSA) is 47.3 Å². The molecule has 2 N–H and O–H groups in total. The summed E-state index contributed by atoms with van der Waals surface area (Å²) in [4.78, 5) is 2.19. The van der Waals surface area contributed by atoms with Gasteiger partial charge in [0, 0.05) is 13.1 Å². The van der Waals surface area contributed by atoms with Crippen molar-refractivity contribution in [2.75, 3.05) is 20.1 Å². The second-order valence-corrected chi connectivity index (χ2v) is 4.58. The third-order valence-electron chi connectivity index (χ3n) is 3.34. The minimum Gasteiger partial charge on any atom is -0.383 e. The van der Waals surface area contributed by atoms with Crippen molar-refractivity contribution >= 4 is 5.71 Å². The molecular formula is C15H24N2O. The summed E-state index contributed by atoms with van der Waals surface area (Å²) < 4.78 is 0. The van der Waals surface area contributed by atoms with E-state index in [4.69, 9.17) is 5.41 Å². The number of piperidine rings is 1. The summed E-state index contributed by atoms with van der Waals surface area (Å²) in [5, 5.41) is 18.6. The van der Waals surface area contributed by atoms with Gasteiger partial charge in [-0.1, -0.05) is 44.2 Å². The van der Waals surface area contributed by atoms with E-state index in [2.05, 4.69) is 4.90 Å². The Balaban J connectivity index is 0.000000771. The SMILES string of the molecule is CC.CN1CCC(O)(C(=N)c2ccccc2)CC1. The van der Waals surface area contributed by atoms with E-state index in [-0.39, 0.29) is 0 Å². The van der Waals surface area contributed by atoms with Gasteiger partial charge in [-0.3, -0.25) is 0 Å². The van der Waals surface area contributed by atoms with E-state index >= 15 is 0 Å². The highest BCUT2D eigenvalue weighted by Gasteiger charge is 2.35. The molecule has 1 aromatic carbocycles. The lowest BCUT2D eigenvalue weighted by atomic mass is 9.83. The van der Waals surface area contributed by atoms with Crippen LogP contribution in [0.5, 0.6) is 0 Å². The van der Waals surface area contributed by atoms with Crippen LogP contribution in [0.4, 0.5) is 0 Å². The lowest BCUT2D eigenvalue weighted by Crippen LogP contribution is -2.48. The van der Waals surface area contributed by atoms with Gasteiger partial charge in [0.25, 0.3) is 0 Å². The molecule has 18 heavy (non-hydrogen) atoms. The molecule has 2 rings (SSSR count). The Hall–Kier alpha value is -1.19. The lowest BCUT2D eigenvalue weighted by molar-refractivity contribution is 0.0436. The maximum absolute atomic E-state index is 10.5. The molecule has 0 atom stereocenters. The number of benzene rings is 1. The van der Waals surface area contributed by atoms with Gasteiger partial charge in [0.1, 0.15) is 5.60 Å². The fourth-order valence-electron chi connectivity index (χ4n) is 2.11. The molecule has 1 aliphatic rings. The highest BCUT2D eigenvalue weighted by molar-refractivity contribution is 6.04. The van der Waals surface area contributed by atoms with Crippen LogP contribution >= 0.6 is 0 Å². The van der Waals surface area contributed by atoms with Crippen molar-refractivity contribution in [3.8, 4) is 0 Å². The number of rotatable bonds is 2. The van der Waals surface area contributed by atoms with Crippen LogP contribution in [-0.2, 0) is 0 Å². The Morgan fingerprint density at radius 1 is 1.17 bits per heavy atom. The molecular weight excluding hydrogens is 224 g/mol. The van der Waals surface area contributed by atoms with Gasteiger partial charge in [-0.25, -0.2) is 0 Å². The second-order valence-electron chi connectivity index (χ2n) is 4.58. The van der Waals surface area contributed by atoms with Crippen molar-refractivity contribution in [2.45, 2.75) is 32.3 Å².